The third-order valence-corrected chi connectivity index (χ3v) is 4.14. The number of nitrogens with zero attached hydrogens (tertiary/aromatic N) is 3. The van der Waals surface area contributed by atoms with Crippen molar-refractivity contribution in [1.82, 2.24) is 14.9 Å². The van der Waals surface area contributed by atoms with Gasteiger partial charge in [0.15, 0.2) is 5.69 Å². The molecule has 0 aliphatic heterocycles. The normalized spacial score (nSPS) is 10.7. The van der Waals surface area contributed by atoms with Crippen molar-refractivity contribution < 1.29 is 9.13 Å². The van der Waals surface area contributed by atoms with Crippen molar-refractivity contribution in [3.8, 4) is 17.7 Å². The summed E-state index contributed by atoms with van der Waals surface area (Å²) in [6, 6.07) is 6.17. The van der Waals surface area contributed by atoms with E-state index < -0.39 is 0 Å². The molecule has 0 saturated carbocycles. The molecule has 0 saturated heterocycles. The quantitative estimate of drug-likeness (QED) is 0.518. The van der Waals surface area contributed by atoms with Crippen LogP contribution >= 0.6 is 11.3 Å². The Morgan fingerprint density at radius 3 is 2.72 bits per heavy atom. The van der Waals surface area contributed by atoms with Crippen molar-refractivity contribution in [2.45, 2.75) is 6.42 Å². The lowest BCUT2D eigenvalue weighted by Gasteiger charge is -2.10. The van der Waals surface area contributed by atoms with Gasteiger partial charge in [-0.1, -0.05) is 12.0 Å². The molecule has 3 aromatic rings. The van der Waals surface area contributed by atoms with Crippen LogP contribution in [-0.2, 0) is 0 Å². The van der Waals surface area contributed by atoms with Crippen LogP contribution in [0.1, 0.15) is 17.7 Å². The summed E-state index contributed by atoms with van der Waals surface area (Å²) in [7, 11) is 4.04. The van der Waals surface area contributed by atoms with Gasteiger partial charge in [-0.25, -0.2) is 14.4 Å². The van der Waals surface area contributed by atoms with Crippen LogP contribution in [0.4, 0.5) is 4.39 Å². The summed E-state index contributed by atoms with van der Waals surface area (Å²) in [4.78, 5) is 11.1. The average Bonchev–Trinajstić information content (AvgIpc) is 3.03. The average molecular weight is 355 g/mol. The van der Waals surface area contributed by atoms with Crippen LogP contribution in [-0.4, -0.2) is 42.1 Å². The predicted molar refractivity (Wildman–Crippen MR) is 98.5 cm³/mol. The predicted octanol–water partition coefficient (Wildman–Crippen LogP) is 3.56. The lowest BCUT2D eigenvalue weighted by molar-refractivity contribution is 0.272. The summed E-state index contributed by atoms with van der Waals surface area (Å²) >= 11 is 1.53. The summed E-state index contributed by atoms with van der Waals surface area (Å²) in [6.07, 6.45) is 0.882. The molecule has 3 rings (SSSR count). The zero-order valence-corrected chi connectivity index (χ0v) is 14.9. The minimum atomic E-state index is -0.314. The van der Waals surface area contributed by atoms with Gasteiger partial charge in [-0.15, -0.1) is 11.3 Å². The fourth-order valence-corrected chi connectivity index (χ4v) is 2.88. The summed E-state index contributed by atoms with van der Waals surface area (Å²) in [5.74, 6) is 6.01. The van der Waals surface area contributed by atoms with Gasteiger partial charge in [0.1, 0.15) is 16.9 Å². The first-order valence-electron chi connectivity index (χ1n) is 7.91. The van der Waals surface area contributed by atoms with Gasteiger partial charge in [0, 0.05) is 22.9 Å². The Morgan fingerprint density at radius 1 is 1.16 bits per heavy atom. The van der Waals surface area contributed by atoms with Gasteiger partial charge in [0.25, 0.3) is 0 Å². The van der Waals surface area contributed by atoms with Crippen molar-refractivity contribution in [2.75, 3.05) is 27.2 Å². The molecule has 0 atom stereocenters. The Bertz CT molecular complexity index is 927. The molecule has 0 unspecified atom stereocenters. The molecule has 128 valence electrons. The lowest BCUT2D eigenvalue weighted by Crippen LogP contribution is -2.16. The summed E-state index contributed by atoms with van der Waals surface area (Å²) < 4.78 is 19.1. The topological polar surface area (TPSA) is 38.2 Å². The van der Waals surface area contributed by atoms with Crippen LogP contribution in [0, 0.1) is 17.7 Å². The molecule has 4 nitrogen and oxygen atoms in total. The van der Waals surface area contributed by atoms with Crippen molar-refractivity contribution in [2.24, 2.45) is 0 Å². The van der Waals surface area contributed by atoms with Crippen LogP contribution in [0.3, 0.4) is 0 Å². The maximum atomic E-state index is 13.3. The number of rotatable bonds is 5. The second kappa shape index (κ2) is 8.06. The number of hydrogen-bond donors (Lipinski definition) is 0. The fraction of sp³-hybridized carbons (Fsp3) is 0.263. The first-order chi connectivity index (χ1) is 12.1. The maximum absolute atomic E-state index is 13.3. The van der Waals surface area contributed by atoms with Crippen LogP contribution in [0.15, 0.2) is 35.0 Å². The number of thiophene rings is 1. The van der Waals surface area contributed by atoms with E-state index in [0.29, 0.717) is 23.7 Å². The Labute approximate surface area is 150 Å². The number of benzene rings is 1. The van der Waals surface area contributed by atoms with E-state index in [1.807, 2.05) is 24.9 Å². The van der Waals surface area contributed by atoms with E-state index >= 15 is 0 Å². The molecule has 2 aromatic heterocycles. The van der Waals surface area contributed by atoms with Crippen LogP contribution in [0.25, 0.3) is 11.0 Å². The largest absolute Gasteiger partial charge is 0.476 e. The fourth-order valence-electron chi connectivity index (χ4n) is 2.21. The number of fused-ring (bicyclic) bond motifs is 1. The third kappa shape index (κ3) is 4.75. The first-order valence-corrected chi connectivity index (χ1v) is 8.85. The van der Waals surface area contributed by atoms with Crippen molar-refractivity contribution >= 4 is 22.4 Å². The van der Waals surface area contributed by atoms with Crippen LogP contribution in [0.2, 0.25) is 0 Å². The molecule has 0 amide bonds. The monoisotopic (exact) mass is 355 g/mol. The van der Waals surface area contributed by atoms with Gasteiger partial charge in [-0.05, 0) is 44.6 Å². The Hall–Kier alpha value is -2.49. The first kappa shape index (κ1) is 17.3. The lowest BCUT2D eigenvalue weighted by atomic mass is 10.2. The summed E-state index contributed by atoms with van der Waals surface area (Å²) in [5, 5.41) is 3.85. The minimum absolute atomic E-state index is 0.314. The number of ether oxygens (including phenoxy) is 1. The molecule has 0 aliphatic rings. The second-order valence-corrected chi connectivity index (χ2v) is 6.53. The van der Waals surface area contributed by atoms with E-state index in [0.717, 1.165) is 24.0 Å². The zero-order valence-electron chi connectivity index (χ0n) is 14.1. The van der Waals surface area contributed by atoms with Gasteiger partial charge in [-0.2, -0.15) is 0 Å². The molecule has 0 N–H and O–H groups in total. The Kier molecular flexibility index (Phi) is 5.59. The second-order valence-electron chi connectivity index (χ2n) is 5.79. The molecule has 0 fully saturated rings. The van der Waals surface area contributed by atoms with Crippen LogP contribution < -0.4 is 4.74 Å². The highest BCUT2D eigenvalue weighted by molar-refractivity contribution is 7.09. The number of hydrogen-bond acceptors (Lipinski definition) is 5. The van der Waals surface area contributed by atoms with E-state index in [9.17, 15) is 4.39 Å². The van der Waals surface area contributed by atoms with E-state index in [2.05, 4.69) is 26.7 Å². The summed E-state index contributed by atoms with van der Waals surface area (Å²) in [6.45, 7) is 1.47. The minimum Gasteiger partial charge on any atom is -0.476 e. The molecule has 6 heteroatoms. The number of aromatic nitrogens is 2. The molecule has 2 heterocycles. The molecule has 0 bridgehead atoms. The molecule has 0 radical (unpaired) electrons. The van der Waals surface area contributed by atoms with Crippen molar-refractivity contribution in [1.29, 1.82) is 0 Å². The SMILES string of the molecule is CN(C)CCCOc1nc2cscc2nc1C#Cc1cccc(F)c1. The highest BCUT2D eigenvalue weighted by atomic mass is 32.1. The van der Waals surface area contributed by atoms with Gasteiger partial charge in [0.2, 0.25) is 5.88 Å². The van der Waals surface area contributed by atoms with Gasteiger partial charge < -0.3 is 9.64 Å². The van der Waals surface area contributed by atoms with Gasteiger partial charge >= 0.3 is 0 Å². The van der Waals surface area contributed by atoms with E-state index in [1.165, 1.54) is 23.5 Å². The molecule has 0 spiro atoms. The maximum Gasteiger partial charge on any atom is 0.249 e. The zero-order chi connectivity index (χ0) is 17.6. The highest BCUT2D eigenvalue weighted by Gasteiger charge is 2.09. The van der Waals surface area contributed by atoms with E-state index in [1.54, 1.807) is 12.1 Å². The van der Waals surface area contributed by atoms with Crippen molar-refractivity contribution in [3.05, 3.63) is 52.1 Å². The van der Waals surface area contributed by atoms with E-state index in [-0.39, 0.29) is 5.82 Å². The third-order valence-electron chi connectivity index (χ3n) is 3.42. The molecular formula is C19H18FN3OS. The highest BCUT2D eigenvalue weighted by Crippen LogP contribution is 2.21. The molecule has 1 aromatic carbocycles. The molecule has 0 aliphatic carbocycles. The van der Waals surface area contributed by atoms with Crippen LogP contribution in [0.5, 0.6) is 5.88 Å². The van der Waals surface area contributed by atoms with Crippen molar-refractivity contribution in [3.63, 3.8) is 0 Å². The van der Waals surface area contributed by atoms with E-state index in [4.69, 9.17) is 4.74 Å². The van der Waals surface area contributed by atoms with Gasteiger partial charge in [0.05, 0.1) is 6.61 Å². The smallest absolute Gasteiger partial charge is 0.249 e. The standard InChI is InChI=1S/C19H18FN3OS/c1-23(2)9-4-10-24-19-16(21-17-12-25-13-18(17)22-19)8-7-14-5-3-6-15(20)11-14/h3,5-6,11-13H,4,9-10H2,1-2H3. The van der Waals surface area contributed by atoms with Gasteiger partial charge in [-0.3, -0.25) is 0 Å². The number of halogens is 1. The molecule has 25 heavy (non-hydrogen) atoms. The Balaban J connectivity index is 1.86. The molecular weight excluding hydrogens is 337 g/mol. The summed E-state index contributed by atoms with van der Waals surface area (Å²) in [5.41, 5.74) is 2.64. The Morgan fingerprint density at radius 2 is 1.96 bits per heavy atom.